The Morgan fingerprint density at radius 3 is 2.81 bits per heavy atom. The Morgan fingerprint density at radius 2 is 2.19 bits per heavy atom. The summed E-state index contributed by atoms with van der Waals surface area (Å²) in [5, 5.41) is 22.4. The van der Waals surface area contributed by atoms with Gasteiger partial charge in [-0.2, -0.15) is 0 Å². The minimum absolute atomic E-state index is 0.0550. The van der Waals surface area contributed by atoms with Crippen LogP contribution in [0.4, 0.5) is 16.8 Å². The normalized spacial score (nSPS) is 15.9. The summed E-state index contributed by atoms with van der Waals surface area (Å²) in [5.74, 6) is -1.29. The molecular formula is C15H16N6O5S. The molecule has 2 aromatic rings. The van der Waals surface area contributed by atoms with Crippen LogP contribution in [0.1, 0.15) is 25.3 Å². The van der Waals surface area contributed by atoms with Crippen molar-refractivity contribution < 1.29 is 19.2 Å². The second-order valence-corrected chi connectivity index (χ2v) is 6.65. The van der Waals surface area contributed by atoms with Gasteiger partial charge in [-0.25, -0.2) is 0 Å². The fourth-order valence-electron chi connectivity index (χ4n) is 2.45. The van der Waals surface area contributed by atoms with Crippen molar-refractivity contribution in [2.75, 3.05) is 16.8 Å². The second kappa shape index (κ2) is 7.61. The molecule has 1 unspecified atom stereocenters. The summed E-state index contributed by atoms with van der Waals surface area (Å²) in [6, 6.07) is 2.56. The lowest BCUT2D eigenvalue weighted by Gasteiger charge is -2.30. The first kappa shape index (κ1) is 18.6. The van der Waals surface area contributed by atoms with E-state index in [-0.39, 0.29) is 18.1 Å². The summed E-state index contributed by atoms with van der Waals surface area (Å²) < 4.78 is 5.55. The number of hydrogen-bond donors (Lipinski definition) is 1. The molecule has 0 aromatic carbocycles. The number of hydrogen-bond acceptors (Lipinski definition) is 9. The van der Waals surface area contributed by atoms with E-state index in [4.69, 9.17) is 4.74 Å². The van der Waals surface area contributed by atoms with Gasteiger partial charge in [-0.05, 0) is 28.8 Å². The molecule has 0 saturated carbocycles. The van der Waals surface area contributed by atoms with Crippen LogP contribution in [0.2, 0.25) is 0 Å². The molecule has 0 aliphatic carbocycles. The largest absolute Gasteiger partial charge is 0.474 e. The summed E-state index contributed by atoms with van der Waals surface area (Å²) in [7, 11) is 0. The molecule has 0 bridgehead atoms. The van der Waals surface area contributed by atoms with E-state index in [1.54, 1.807) is 6.92 Å². The van der Waals surface area contributed by atoms with Gasteiger partial charge in [0.1, 0.15) is 11.6 Å². The molecule has 1 N–H and O–H groups in total. The lowest BCUT2D eigenvalue weighted by Crippen LogP contribution is -2.49. The Bertz CT molecular complexity index is 901. The summed E-state index contributed by atoms with van der Waals surface area (Å²) in [6.45, 7) is 3.30. The van der Waals surface area contributed by atoms with E-state index < -0.39 is 28.7 Å². The molecule has 2 aromatic heterocycles. The van der Waals surface area contributed by atoms with Crippen LogP contribution in [0, 0.1) is 10.1 Å². The van der Waals surface area contributed by atoms with Crippen molar-refractivity contribution in [3.05, 3.63) is 27.3 Å². The first-order valence-corrected chi connectivity index (χ1v) is 9.00. The molecule has 0 spiro atoms. The molecule has 3 heterocycles. The van der Waals surface area contributed by atoms with Gasteiger partial charge in [-0.15, -0.1) is 10.2 Å². The molecule has 1 aliphatic rings. The number of nitrogens with zero attached hydrogens (tertiary/aromatic N) is 5. The number of aryl methyl sites for hydroxylation is 1. The van der Waals surface area contributed by atoms with Gasteiger partial charge in [0.15, 0.2) is 11.9 Å². The van der Waals surface area contributed by atoms with E-state index in [9.17, 15) is 19.7 Å². The topological polar surface area (TPSA) is 140 Å². The fourth-order valence-corrected chi connectivity index (χ4v) is 3.15. The number of nitro groups is 1. The fraction of sp³-hybridized carbons (Fsp3) is 0.400. The van der Waals surface area contributed by atoms with E-state index in [1.165, 1.54) is 23.5 Å². The quantitative estimate of drug-likeness (QED) is 0.576. The Kier molecular flexibility index (Phi) is 5.26. The summed E-state index contributed by atoms with van der Waals surface area (Å²) in [6.07, 6.45) is 0.278. The number of ether oxygens (including phenoxy) is 1. The monoisotopic (exact) mass is 392 g/mol. The second-order valence-electron chi connectivity index (χ2n) is 5.59. The van der Waals surface area contributed by atoms with Gasteiger partial charge in [0.25, 0.3) is 11.7 Å². The highest BCUT2D eigenvalue weighted by Gasteiger charge is 2.39. The molecule has 12 heteroatoms. The molecule has 0 saturated heterocycles. The van der Waals surface area contributed by atoms with Crippen LogP contribution in [0.25, 0.3) is 0 Å². The zero-order valence-electron chi connectivity index (χ0n) is 14.5. The van der Waals surface area contributed by atoms with Crippen molar-refractivity contribution in [3.63, 3.8) is 0 Å². The molecule has 1 aliphatic heterocycles. The molecule has 3 rings (SSSR count). The van der Waals surface area contributed by atoms with Crippen LogP contribution in [0.5, 0.6) is 5.75 Å². The number of anilines is 2. The maximum absolute atomic E-state index is 12.6. The molecule has 2 amide bonds. The lowest BCUT2D eigenvalue weighted by atomic mass is 10.2. The van der Waals surface area contributed by atoms with Gasteiger partial charge >= 0.3 is 5.82 Å². The van der Waals surface area contributed by atoms with Crippen LogP contribution in [0.3, 0.4) is 0 Å². The third-order valence-electron chi connectivity index (χ3n) is 3.77. The highest BCUT2D eigenvalue weighted by molar-refractivity contribution is 7.15. The zero-order chi connectivity index (χ0) is 19.6. The summed E-state index contributed by atoms with van der Waals surface area (Å²) in [4.78, 5) is 40.3. The lowest BCUT2D eigenvalue weighted by molar-refractivity contribution is -0.389. The zero-order valence-corrected chi connectivity index (χ0v) is 15.4. The Hall–Kier alpha value is -3.15. The van der Waals surface area contributed by atoms with Crippen LogP contribution < -0.4 is 15.0 Å². The molecule has 27 heavy (non-hydrogen) atoms. The minimum atomic E-state index is -0.790. The van der Waals surface area contributed by atoms with Gasteiger partial charge in [-0.3, -0.25) is 19.8 Å². The summed E-state index contributed by atoms with van der Waals surface area (Å²) >= 11 is 1.23. The van der Waals surface area contributed by atoms with Crippen LogP contribution in [-0.2, 0) is 16.0 Å². The smallest absolute Gasteiger partial charge is 0.366 e. The number of pyridine rings is 1. The SMILES string of the molecule is CCc1nnc(NC(=O)CN2C(=O)C(CC)Oc3ccc([N+](=O)[O-])nc32)s1. The molecule has 11 nitrogen and oxygen atoms in total. The number of amides is 2. The predicted molar refractivity (Wildman–Crippen MR) is 95.9 cm³/mol. The third kappa shape index (κ3) is 3.84. The number of carbonyl (C=O) groups excluding carboxylic acids is 2. The molecular weight excluding hydrogens is 376 g/mol. The molecule has 1 atom stereocenters. The first-order chi connectivity index (χ1) is 12.9. The molecule has 142 valence electrons. The van der Waals surface area contributed by atoms with Gasteiger partial charge < -0.3 is 14.9 Å². The Balaban J connectivity index is 1.85. The van der Waals surface area contributed by atoms with Crippen molar-refractivity contribution in [1.82, 2.24) is 15.2 Å². The molecule has 0 fully saturated rings. The van der Waals surface area contributed by atoms with Gasteiger partial charge in [0, 0.05) is 6.07 Å². The Morgan fingerprint density at radius 1 is 1.41 bits per heavy atom. The van der Waals surface area contributed by atoms with Crippen molar-refractivity contribution in [2.24, 2.45) is 0 Å². The van der Waals surface area contributed by atoms with Crippen molar-refractivity contribution >= 4 is 39.9 Å². The number of aromatic nitrogens is 3. The van der Waals surface area contributed by atoms with Crippen LogP contribution in [0.15, 0.2) is 12.1 Å². The maximum Gasteiger partial charge on any atom is 0.366 e. The van der Waals surface area contributed by atoms with E-state index in [0.717, 1.165) is 9.91 Å². The van der Waals surface area contributed by atoms with Crippen molar-refractivity contribution in [2.45, 2.75) is 32.8 Å². The summed E-state index contributed by atoms with van der Waals surface area (Å²) in [5.41, 5.74) is 0. The van der Waals surface area contributed by atoms with Gasteiger partial charge in [-0.1, -0.05) is 25.2 Å². The highest BCUT2D eigenvalue weighted by Crippen LogP contribution is 2.34. The Labute approximate surface area is 157 Å². The van der Waals surface area contributed by atoms with E-state index in [0.29, 0.717) is 18.0 Å². The minimum Gasteiger partial charge on any atom is -0.474 e. The number of fused-ring (bicyclic) bond motifs is 1. The van der Waals surface area contributed by atoms with E-state index in [2.05, 4.69) is 20.5 Å². The van der Waals surface area contributed by atoms with Gasteiger partial charge in [0.2, 0.25) is 11.0 Å². The first-order valence-electron chi connectivity index (χ1n) is 8.18. The molecule has 0 radical (unpaired) electrons. The van der Waals surface area contributed by atoms with Crippen molar-refractivity contribution in [1.29, 1.82) is 0 Å². The maximum atomic E-state index is 12.6. The van der Waals surface area contributed by atoms with Gasteiger partial charge in [0.05, 0.1) is 0 Å². The highest BCUT2D eigenvalue weighted by atomic mass is 32.1. The average Bonchev–Trinajstić information content (AvgIpc) is 3.10. The number of rotatable bonds is 6. The number of carbonyl (C=O) groups is 2. The van der Waals surface area contributed by atoms with Crippen LogP contribution >= 0.6 is 11.3 Å². The third-order valence-corrected chi connectivity index (χ3v) is 4.75. The van der Waals surface area contributed by atoms with E-state index >= 15 is 0 Å². The number of nitrogens with one attached hydrogen (secondary N) is 1. The standard InChI is InChI=1S/C15H16N6O5S/c1-3-8-14(23)20(7-11(22)17-15-19-18-12(4-2)27-15)13-9(26-8)5-6-10(16-13)21(24)25/h5-6,8H,3-4,7H2,1-2H3,(H,17,19,22). The van der Waals surface area contributed by atoms with E-state index in [1.807, 2.05) is 6.92 Å². The average molecular weight is 392 g/mol. The van der Waals surface area contributed by atoms with Crippen LogP contribution in [-0.4, -0.2) is 44.6 Å². The van der Waals surface area contributed by atoms with Crippen molar-refractivity contribution in [3.8, 4) is 5.75 Å². The predicted octanol–water partition coefficient (Wildman–Crippen LogP) is 1.55.